The molecule has 10 heteroatoms. The molecule has 0 bridgehead atoms. The summed E-state index contributed by atoms with van der Waals surface area (Å²) in [4.78, 5) is 45.0. The van der Waals surface area contributed by atoms with Crippen LogP contribution in [0, 0.1) is 0 Å². The number of carbonyl (C=O) groups excluding carboxylic acids is 2. The van der Waals surface area contributed by atoms with Crippen LogP contribution < -0.4 is 5.32 Å². The number of fused-ring (bicyclic) bond motifs is 4. The molecule has 2 aliphatic carbocycles. The maximum absolute atomic E-state index is 13.0. The maximum atomic E-state index is 13.0. The summed E-state index contributed by atoms with van der Waals surface area (Å²) in [6.07, 6.45) is 7.74. The van der Waals surface area contributed by atoms with Gasteiger partial charge < -0.3 is 24.8 Å². The lowest BCUT2D eigenvalue weighted by molar-refractivity contribution is 0.0218. The topological polar surface area (TPSA) is 125 Å². The Balaban J connectivity index is 1.01. The number of nitrogens with zero attached hydrogens (tertiary/aromatic N) is 3. The highest BCUT2D eigenvalue weighted by Crippen LogP contribution is 2.40. The van der Waals surface area contributed by atoms with Gasteiger partial charge in [-0.15, -0.1) is 0 Å². The lowest BCUT2D eigenvalue weighted by atomic mass is 9.95. The van der Waals surface area contributed by atoms with E-state index in [0.717, 1.165) is 109 Å². The number of ether oxygens (including phenoxy) is 2. The predicted molar refractivity (Wildman–Crippen MR) is 211 cm³/mol. The predicted octanol–water partition coefficient (Wildman–Crippen LogP) is 10.1. The molecule has 10 nitrogen and oxygen atoms in total. The molecule has 282 valence electrons. The molecule has 0 unspecified atom stereocenters. The van der Waals surface area contributed by atoms with Crippen molar-refractivity contribution in [1.29, 1.82) is 0 Å². The van der Waals surface area contributed by atoms with E-state index in [2.05, 4.69) is 75.9 Å². The lowest BCUT2D eigenvalue weighted by Gasteiger charge is -2.30. The molecule has 54 heavy (non-hydrogen) atoms. The van der Waals surface area contributed by atoms with Crippen molar-refractivity contribution in [3.63, 3.8) is 0 Å². The number of likely N-dealkylation sites (tertiary alicyclic amines) is 1. The maximum Gasteiger partial charge on any atom is 0.410 e. The Labute approximate surface area is 317 Å². The Morgan fingerprint density at radius 3 is 2.15 bits per heavy atom. The normalized spacial score (nSPS) is 18.3. The third kappa shape index (κ3) is 7.22. The van der Waals surface area contributed by atoms with E-state index in [1.807, 2.05) is 46.4 Å². The Morgan fingerprint density at radius 1 is 0.778 bits per heavy atom. The number of hydrogen-bond donors (Lipinski definition) is 3. The van der Waals surface area contributed by atoms with Crippen molar-refractivity contribution in [1.82, 2.24) is 30.2 Å². The van der Waals surface area contributed by atoms with Crippen LogP contribution >= 0.6 is 0 Å². The monoisotopic (exact) mass is 728 g/mol. The minimum Gasteiger partial charge on any atom is -0.444 e. The van der Waals surface area contributed by atoms with Crippen LogP contribution in [-0.2, 0) is 27.9 Å². The SMILES string of the molecule is CC(C)(C)OC(=O)NC1(c2nc3ccc(-c4ccc(-c5ccc6c(c5)CCCc5[nH]c([C@@H]7CCCN7C(=O)OC(C)(C)C)nc5-6)cc4)cc3[nH]2)CCCC1. The Morgan fingerprint density at radius 2 is 1.44 bits per heavy atom. The standard InChI is InChI=1S/C44H52N6O4/c1-42(2,3)53-40(51)49-44(22-7-8-23-44)39-46-33-21-19-30(26-35(33)47-39)28-16-14-27(15-17-28)29-18-20-32-31(25-29)11-9-12-34-37(32)48-38(45-34)36-13-10-24-50(36)41(52)54-43(4,5)6/h14-21,25-26,36H,7-13,22-24H2,1-6H3,(H,45,48)(H,46,47)(H,49,51)/t36-/m0/s1. The summed E-state index contributed by atoms with van der Waals surface area (Å²) in [7, 11) is 0. The molecule has 0 radical (unpaired) electrons. The number of imidazole rings is 2. The number of rotatable bonds is 5. The van der Waals surface area contributed by atoms with Crippen LogP contribution in [0.2, 0.25) is 0 Å². The minimum absolute atomic E-state index is 0.103. The van der Waals surface area contributed by atoms with Gasteiger partial charge in [-0.1, -0.05) is 61.4 Å². The molecule has 0 spiro atoms. The number of hydrogen-bond acceptors (Lipinski definition) is 6. The van der Waals surface area contributed by atoms with E-state index in [-0.39, 0.29) is 12.1 Å². The van der Waals surface area contributed by atoms with Gasteiger partial charge in [0.05, 0.1) is 22.8 Å². The number of aromatic nitrogens is 4. The highest BCUT2D eigenvalue weighted by molar-refractivity contribution is 5.83. The zero-order chi connectivity index (χ0) is 37.8. The summed E-state index contributed by atoms with van der Waals surface area (Å²) >= 11 is 0. The van der Waals surface area contributed by atoms with E-state index in [4.69, 9.17) is 19.4 Å². The molecule has 3 aromatic carbocycles. The van der Waals surface area contributed by atoms with Gasteiger partial charge in [0.2, 0.25) is 0 Å². The fourth-order valence-electron chi connectivity index (χ4n) is 8.42. The molecular weight excluding hydrogens is 677 g/mol. The first-order valence-electron chi connectivity index (χ1n) is 19.6. The third-order valence-corrected chi connectivity index (χ3v) is 10.9. The molecule has 3 aliphatic rings. The highest BCUT2D eigenvalue weighted by atomic mass is 16.6. The molecule has 8 rings (SSSR count). The Kier molecular flexibility index (Phi) is 9.05. The van der Waals surface area contributed by atoms with Gasteiger partial charge in [-0.25, -0.2) is 19.6 Å². The molecule has 3 heterocycles. The van der Waals surface area contributed by atoms with E-state index >= 15 is 0 Å². The van der Waals surface area contributed by atoms with Gasteiger partial charge in [0.1, 0.15) is 28.4 Å². The van der Waals surface area contributed by atoms with Gasteiger partial charge >= 0.3 is 12.2 Å². The van der Waals surface area contributed by atoms with Crippen molar-refractivity contribution in [3.05, 3.63) is 83.6 Å². The molecule has 5 aromatic rings. The lowest BCUT2D eigenvalue weighted by Crippen LogP contribution is -2.46. The van der Waals surface area contributed by atoms with Gasteiger partial charge in [-0.2, -0.15) is 0 Å². The largest absolute Gasteiger partial charge is 0.444 e. The smallest absolute Gasteiger partial charge is 0.410 e. The van der Waals surface area contributed by atoms with Crippen LogP contribution in [0.15, 0.2) is 60.7 Å². The quantitative estimate of drug-likeness (QED) is 0.165. The molecule has 2 fully saturated rings. The van der Waals surface area contributed by atoms with Gasteiger partial charge in [0.25, 0.3) is 0 Å². The molecule has 1 aliphatic heterocycles. The zero-order valence-corrected chi connectivity index (χ0v) is 32.4. The second-order valence-corrected chi connectivity index (χ2v) is 17.3. The van der Waals surface area contributed by atoms with Crippen LogP contribution in [0.5, 0.6) is 0 Å². The average molecular weight is 729 g/mol. The fraction of sp³-hybridized carbons (Fsp3) is 0.455. The Bertz CT molecular complexity index is 2200. The minimum atomic E-state index is -0.569. The molecule has 3 N–H and O–H groups in total. The van der Waals surface area contributed by atoms with Crippen molar-refractivity contribution in [2.75, 3.05) is 6.54 Å². The van der Waals surface area contributed by atoms with Crippen LogP contribution in [0.3, 0.4) is 0 Å². The first kappa shape index (κ1) is 35.9. The van der Waals surface area contributed by atoms with E-state index < -0.39 is 22.8 Å². The van der Waals surface area contributed by atoms with E-state index in [0.29, 0.717) is 6.54 Å². The number of amides is 2. The van der Waals surface area contributed by atoms with Gasteiger partial charge in [0, 0.05) is 17.8 Å². The number of aryl methyl sites for hydroxylation is 2. The van der Waals surface area contributed by atoms with Gasteiger partial charge in [0.15, 0.2) is 0 Å². The van der Waals surface area contributed by atoms with Crippen molar-refractivity contribution >= 4 is 23.2 Å². The molecule has 2 aromatic heterocycles. The van der Waals surface area contributed by atoms with Crippen LogP contribution in [0.4, 0.5) is 9.59 Å². The van der Waals surface area contributed by atoms with Crippen molar-refractivity contribution in [3.8, 4) is 33.5 Å². The zero-order valence-electron chi connectivity index (χ0n) is 32.4. The fourth-order valence-corrected chi connectivity index (χ4v) is 8.42. The summed E-state index contributed by atoms with van der Waals surface area (Å²) in [6, 6.07) is 21.7. The number of nitrogens with one attached hydrogen (secondary N) is 3. The summed E-state index contributed by atoms with van der Waals surface area (Å²) in [5.41, 5.74) is 9.34. The number of aromatic amines is 2. The van der Waals surface area contributed by atoms with Gasteiger partial charge in [-0.05, 0) is 126 Å². The van der Waals surface area contributed by atoms with Crippen LogP contribution in [0.25, 0.3) is 44.5 Å². The molecular formula is C44H52N6O4. The molecule has 2 amide bonds. The first-order valence-corrected chi connectivity index (χ1v) is 19.6. The van der Waals surface area contributed by atoms with E-state index in [9.17, 15) is 9.59 Å². The summed E-state index contributed by atoms with van der Waals surface area (Å²) in [5, 5.41) is 3.17. The number of benzene rings is 3. The van der Waals surface area contributed by atoms with Crippen LogP contribution in [-0.4, -0.2) is 54.8 Å². The summed E-state index contributed by atoms with van der Waals surface area (Å²) in [5.74, 6) is 1.65. The number of H-pyrrole nitrogens is 2. The van der Waals surface area contributed by atoms with Crippen molar-refractivity contribution in [2.45, 2.75) is 122 Å². The summed E-state index contributed by atoms with van der Waals surface area (Å²) in [6.45, 7) is 12.0. The molecule has 1 saturated heterocycles. The van der Waals surface area contributed by atoms with Crippen molar-refractivity contribution in [2.24, 2.45) is 0 Å². The first-order chi connectivity index (χ1) is 25.7. The van der Waals surface area contributed by atoms with Crippen molar-refractivity contribution < 1.29 is 19.1 Å². The molecule has 1 atom stereocenters. The highest BCUT2D eigenvalue weighted by Gasteiger charge is 2.41. The second kappa shape index (κ2) is 13.6. The van der Waals surface area contributed by atoms with Gasteiger partial charge in [-0.3, -0.25) is 4.90 Å². The second-order valence-electron chi connectivity index (χ2n) is 17.3. The van der Waals surface area contributed by atoms with E-state index in [1.54, 1.807) is 0 Å². The molecule has 1 saturated carbocycles. The number of alkyl carbamates (subject to hydrolysis) is 1. The average Bonchev–Trinajstić information content (AvgIpc) is 3.92. The Hall–Kier alpha value is -5.12. The number of carbonyl (C=O) groups is 2. The van der Waals surface area contributed by atoms with E-state index in [1.165, 1.54) is 16.7 Å². The summed E-state index contributed by atoms with van der Waals surface area (Å²) < 4.78 is 11.3. The third-order valence-electron chi connectivity index (χ3n) is 10.9. The van der Waals surface area contributed by atoms with Crippen LogP contribution in [0.1, 0.15) is 115 Å².